The van der Waals surface area contributed by atoms with Gasteiger partial charge in [0, 0.05) is 30.7 Å². The molecule has 5 aromatic rings. The second-order valence-corrected chi connectivity index (χ2v) is 8.69. The van der Waals surface area contributed by atoms with Crippen molar-refractivity contribution in [3.63, 3.8) is 0 Å². The fourth-order valence-corrected chi connectivity index (χ4v) is 5.82. The molecule has 4 heterocycles. The second kappa shape index (κ2) is 6.24. The summed E-state index contributed by atoms with van der Waals surface area (Å²) in [6.45, 7) is 2.22. The molecule has 2 aliphatic heterocycles. The van der Waals surface area contributed by atoms with Crippen molar-refractivity contribution in [3.8, 4) is 33.6 Å². The molecule has 2 aromatic heterocycles. The van der Waals surface area contributed by atoms with Gasteiger partial charge in [0.15, 0.2) is 11.9 Å². The quantitative estimate of drug-likeness (QED) is 0.316. The summed E-state index contributed by atoms with van der Waals surface area (Å²) in [5.41, 5.74) is 11.0. The van der Waals surface area contributed by atoms with Crippen LogP contribution in [-0.4, -0.2) is 0 Å². The third-order valence-electron chi connectivity index (χ3n) is 7.07. The molecule has 0 saturated heterocycles. The summed E-state index contributed by atoms with van der Waals surface area (Å²) < 4.78 is 5.03. The van der Waals surface area contributed by atoms with Gasteiger partial charge in [-0.25, -0.2) is 0 Å². The molecule has 3 aromatic carbocycles. The molecule has 1 atom stereocenters. The van der Waals surface area contributed by atoms with Crippen LogP contribution in [0.5, 0.6) is 0 Å². The Hall–Kier alpha value is -4.04. The standard InChI is InChI=1S/C30H22N2/c1-21-10-9-17-29-25-14-6-8-16-27(25)30(32(21)29)26-15-7-5-13-24(26)28-19-18-23(20-31(28)30)22-11-3-2-4-12-22/h2-20H,1H3/q+2. The average Bonchev–Trinajstić information content (AvgIpc) is 3.32. The minimum absolute atomic E-state index is 0.437. The SMILES string of the molecule is Cc1cccc2[n+]1C1(c3ccccc3-c3ccc(-c4ccccc4)c[n+]31)c1ccccc1-2. The maximum atomic E-state index is 2.53. The molecule has 150 valence electrons. The van der Waals surface area contributed by atoms with E-state index in [0.29, 0.717) is 0 Å². The zero-order valence-electron chi connectivity index (χ0n) is 17.9. The highest BCUT2D eigenvalue weighted by Crippen LogP contribution is 2.47. The third kappa shape index (κ3) is 2.04. The number of fused-ring (bicyclic) bond motifs is 10. The highest BCUT2D eigenvalue weighted by atomic mass is 15.3. The fourth-order valence-electron chi connectivity index (χ4n) is 5.82. The van der Waals surface area contributed by atoms with E-state index in [1.807, 2.05) is 0 Å². The lowest BCUT2D eigenvalue weighted by atomic mass is 9.90. The average molecular weight is 411 g/mol. The Kier molecular flexibility index (Phi) is 3.44. The maximum Gasteiger partial charge on any atom is 0.417 e. The Morgan fingerprint density at radius 3 is 1.94 bits per heavy atom. The molecule has 0 aliphatic carbocycles. The number of nitrogens with zero attached hydrogens (tertiary/aromatic N) is 2. The fraction of sp³-hybridized carbons (Fsp3) is 0.0667. The first-order chi connectivity index (χ1) is 15.8. The van der Waals surface area contributed by atoms with E-state index in [4.69, 9.17) is 0 Å². The summed E-state index contributed by atoms with van der Waals surface area (Å²) in [5, 5.41) is 0. The Bertz CT molecular complexity index is 1520. The number of benzene rings is 3. The second-order valence-electron chi connectivity index (χ2n) is 8.69. The van der Waals surface area contributed by atoms with Gasteiger partial charge in [-0.05, 0) is 42.0 Å². The van der Waals surface area contributed by atoms with Crippen molar-refractivity contribution < 1.29 is 9.13 Å². The van der Waals surface area contributed by atoms with Gasteiger partial charge in [0.25, 0.3) is 0 Å². The molecule has 0 amide bonds. The van der Waals surface area contributed by atoms with E-state index in [2.05, 4.69) is 131 Å². The molecule has 2 nitrogen and oxygen atoms in total. The van der Waals surface area contributed by atoms with Gasteiger partial charge in [0.2, 0.25) is 11.4 Å². The van der Waals surface area contributed by atoms with Gasteiger partial charge in [-0.2, -0.15) is 0 Å². The van der Waals surface area contributed by atoms with Crippen LogP contribution >= 0.6 is 0 Å². The van der Waals surface area contributed by atoms with Crippen LogP contribution < -0.4 is 9.13 Å². The van der Waals surface area contributed by atoms with Crippen LogP contribution in [-0.2, 0) is 5.66 Å². The van der Waals surface area contributed by atoms with E-state index < -0.39 is 5.66 Å². The molecule has 2 heteroatoms. The first-order valence-corrected chi connectivity index (χ1v) is 11.1. The smallest absolute Gasteiger partial charge is 0.125 e. The van der Waals surface area contributed by atoms with Gasteiger partial charge in [0.1, 0.15) is 11.1 Å². The summed E-state index contributed by atoms with van der Waals surface area (Å²) in [6, 6.07) is 39.6. The maximum absolute atomic E-state index is 2.53. The van der Waals surface area contributed by atoms with Gasteiger partial charge in [-0.15, -0.1) is 9.13 Å². The van der Waals surface area contributed by atoms with Crippen molar-refractivity contribution in [3.05, 3.63) is 132 Å². The Labute approximate surface area is 187 Å². The van der Waals surface area contributed by atoms with Crippen LogP contribution in [0.15, 0.2) is 115 Å². The van der Waals surface area contributed by atoms with Crippen molar-refractivity contribution in [2.75, 3.05) is 0 Å². The van der Waals surface area contributed by atoms with Crippen molar-refractivity contribution in [2.24, 2.45) is 0 Å². The van der Waals surface area contributed by atoms with E-state index in [1.54, 1.807) is 0 Å². The topological polar surface area (TPSA) is 7.76 Å². The Morgan fingerprint density at radius 1 is 0.531 bits per heavy atom. The predicted octanol–water partition coefficient (Wildman–Crippen LogP) is 5.50. The number of aryl methyl sites for hydroxylation is 1. The normalized spacial score (nSPS) is 17.0. The van der Waals surface area contributed by atoms with Crippen LogP contribution in [0.25, 0.3) is 33.6 Å². The van der Waals surface area contributed by atoms with Gasteiger partial charge < -0.3 is 0 Å². The molecule has 0 bridgehead atoms. The molecule has 7 rings (SSSR count). The van der Waals surface area contributed by atoms with Crippen molar-refractivity contribution in [2.45, 2.75) is 12.6 Å². The first-order valence-electron chi connectivity index (χ1n) is 11.1. The number of aromatic nitrogens is 2. The molecular weight excluding hydrogens is 388 g/mol. The summed E-state index contributed by atoms with van der Waals surface area (Å²) in [6.07, 6.45) is 2.34. The van der Waals surface area contributed by atoms with E-state index in [-0.39, 0.29) is 0 Å². The zero-order valence-corrected chi connectivity index (χ0v) is 17.9. The lowest BCUT2D eigenvalue weighted by molar-refractivity contribution is -0.956. The zero-order chi connectivity index (χ0) is 21.3. The molecule has 0 fully saturated rings. The molecule has 0 radical (unpaired) electrons. The lowest BCUT2D eigenvalue weighted by Gasteiger charge is -2.19. The molecule has 0 saturated carbocycles. The van der Waals surface area contributed by atoms with Gasteiger partial charge in [-0.1, -0.05) is 54.6 Å². The number of hydrogen-bond donors (Lipinski definition) is 0. The molecule has 32 heavy (non-hydrogen) atoms. The summed E-state index contributed by atoms with van der Waals surface area (Å²) in [5.74, 6) is 0. The minimum atomic E-state index is -0.437. The highest BCUT2D eigenvalue weighted by molar-refractivity contribution is 5.74. The first kappa shape index (κ1) is 17.6. The number of pyridine rings is 2. The molecular formula is C30H22N2+2. The Balaban J connectivity index is 1.66. The van der Waals surface area contributed by atoms with Gasteiger partial charge in [0.05, 0.1) is 11.1 Å². The number of hydrogen-bond acceptors (Lipinski definition) is 0. The highest BCUT2D eigenvalue weighted by Gasteiger charge is 2.67. The number of rotatable bonds is 1. The van der Waals surface area contributed by atoms with Crippen LogP contribution in [0.2, 0.25) is 0 Å². The molecule has 2 aliphatic rings. The van der Waals surface area contributed by atoms with E-state index in [1.165, 1.54) is 50.5 Å². The Morgan fingerprint density at radius 2 is 1.19 bits per heavy atom. The van der Waals surface area contributed by atoms with E-state index in [0.717, 1.165) is 0 Å². The van der Waals surface area contributed by atoms with Gasteiger partial charge >= 0.3 is 5.66 Å². The monoisotopic (exact) mass is 410 g/mol. The molecule has 0 N–H and O–H groups in total. The lowest BCUT2D eigenvalue weighted by Crippen LogP contribution is -2.72. The van der Waals surface area contributed by atoms with Gasteiger partial charge in [-0.3, -0.25) is 0 Å². The van der Waals surface area contributed by atoms with Crippen LogP contribution in [0.3, 0.4) is 0 Å². The van der Waals surface area contributed by atoms with Crippen LogP contribution in [0.1, 0.15) is 16.8 Å². The summed E-state index contributed by atoms with van der Waals surface area (Å²) in [4.78, 5) is 0. The van der Waals surface area contributed by atoms with Crippen LogP contribution in [0, 0.1) is 6.92 Å². The third-order valence-corrected chi connectivity index (χ3v) is 7.07. The van der Waals surface area contributed by atoms with Crippen molar-refractivity contribution in [1.82, 2.24) is 0 Å². The van der Waals surface area contributed by atoms with E-state index in [9.17, 15) is 0 Å². The summed E-state index contributed by atoms with van der Waals surface area (Å²) >= 11 is 0. The van der Waals surface area contributed by atoms with Crippen molar-refractivity contribution >= 4 is 0 Å². The summed E-state index contributed by atoms with van der Waals surface area (Å²) in [7, 11) is 0. The predicted molar refractivity (Wildman–Crippen MR) is 126 cm³/mol. The van der Waals surface area contributed by atoms with Crippen LogP contribution in [0.4, 0.5) is 0 Å². The van der Waals surface area contributed by atoms with Crippen molar-refractivity contribution in [1.29, 1.82) is 0 Å². The minimum Gasteiger partial charge on any atom is -0.125 e. The van der Waals surface area contributed by atoms with E-state index >= 15 is 0 Å². The molecule has 1 unspecified atom stereocenters. The largest absolute Gasteiger partial charge is 0.417 e. The molecule has 1 spiro atoms.